The third-order valence-electron chi connectivity index (χ3n) is 5.36. The third-order valence-corrected chi connectivity index (χ3v) is 6.22. The first-order valence-corrected chi connectivity index (χ1v) is 10.7. The number of nitrogens with zero attached hydrogens (tertiary/aromatic N) is 1. The first-order chi connectivity index (χ1) is 15.2. The van der Waals surface area contributed by atoms with E-state index >= 15 is 0 Å². The Labute approximate surface area is 184 Å². The molecule has 2 aliphatic rings. The van der Waals surface area contributed by atoms with Crippen LogP contribution in [0.2, 0.25) is 0 Å². The summed E-state index contributed by atoms with van der Waals surface area (Å²) in [6.45, 7) is 1.94. The van der Waals surface area contributed by atoms with Crippen LogP contribution in [0.5, 0.6) is 23.0 Å². The van der Waals surface area contributed by atoms with Gasteiger partial charge in [-0.05, 0) is 35.7 Å². The molecule has 0 spiro atoms. The first kappa shape index (κ1) is 19.7. The Morgan fingerprint density at radius 3 is 2.81 bits per heavy atom. The molecule has 2 aromatic carbocycles. The van der Waals surface area contributed by atoms with Gasteiger partial charge in [0, 0.05) is 23.5 Å². The quantitative estimate of drug-likeness (QED) is 0.540. The molecular formula is C24H21NO5S. The molecule has 0 atom stereocenters. The lowest BCUT2D eigenvalue weighted by Crippen LogP contribution is -2.31. The lowest BCUT2D eigenvalue weighted by molar-refractivity contribution is 0.0882. The van der Waals surface area contributed by atoms with Crippen LogP contribution < -0.4 is 18.9 Å². The fourth-order valence-corrected chi connectivity index (χ4v) is 4.64. The summed E-state index contributed by atoms with van der Waals surface area (Å²) in [5, 5.41) is 2.07. The predicted octanol–water partition coefficient (Wildman–Crippen LogP) is 4.73. The number of hydrogen-bond donors (Lipinski definition) is 0. The Hall–Kier alpha value is -3.29. The molecular weight excluding hydrogens is 414 g/mol. The molecule has 7 heteroatoms. The highest BCUT2D eigenvalue weighted by Gasteiger charge is 2.34. The number of para-hydroxylation sites is 1. The largest absolute Gasteiger partial charge is 0.493 e. The average Bonchev–Trinajstić information content (AvgIpc) is 3.42. The molecule has 31 heavy (non-hydrogen) atoms. The van der Waals surface area contributed by atoms with Gasteiger partial charge in [0.25, 0.3) is 0 Å². The lowest BCUT2D eigenvalue weighted by Gasteiger charge is -2.29. The zero-order valence-electron chi connectivity index (χ0n) is 17.2. The molecule has 0 N–H and O–H groups in total. The van der Waals surface area contributed by atoms with Gasteiger partial charge in [0.05, 0.1) is 25.3 Å². The second-order valence-corrected chi connectivity index (χ2v) is 8.31. The molecule has 0 amide bonds. The van der Waals surface area contributed by atoms with Crippen LogP contribution in [0.4, 0.5) is 0 Å². The normalized spacial score (nSPS) is 16.5. The van der Waals surface area contributed by atoms with Gasteiger partial charge in [-0.2, -0.15) is 0 Å². The number of thiophene rings is 1. The number of carbonyl (C=O) groups excluding carboxylic acids is 1. The molecule has 0 aliphatic carbocycles. The number of allylic oxidation sites excluding steroid dienone is 1. The van der Waals surface area contributed by atoms with E-state index in [0.717, 1.165) is 17.9 Å². The van der Waals surface area contributed by atoms with E-state index in [1.165, 1.54) is 4.88 Å². The highest BCUT2D eigenvalue weighted by molar-refractivity contribution is 7.09. The van der Waals surface area contributed by atoms with Gasteiger partial charge in [0.1, 0.15) is 18.2 Å². The van der Waals surface area contributed by atoms with Gasteiger partial charge >= 0.3 is 0 Å². The number of carbonyl (C=O) groups is 1. The number of fused-ring (bicyclic) bond motifs is 3. The molecule has 0 bridgehead atoms. The summed E-state index contributed by atoms with van der Waals surface area (Å²) in [7, 11) is 3.15. The zero-order chi connectivity index (χ0) is 21.4. The van der Waals surface area contributed by atoms with Crippen LogP contribution in [0, 0.1) is 0 Å². The van der Waals surface area contributed by atoms with E-state index in [9.17, 15) is 4.79 Å². The number of benzene rings is 2. The Bertz CT molecular complexity index is 1170. The van der Waals surface area contributed by atoms with Crippen molar-refractivity contribution in [2.24, 2.45) is 0 Å². The van der Waals surface area contributed by atoms with Crippen molar-refractivity contribution in [3.05, 3.63) is 75.2 Å². The molecule has 6 nitrogen and oxygen atoms in total. The van der Waals surface area contributed by atoms with E-state index in [0.29, 0.717) is 41.7 Å². The van der Waals surface area contributed by atoms with Gasteiger partial charge in [-0.15, -0.1) is 11.3 Å². The van der Waals surface area contributed by atoms with Crippen LogP contribution in [0.25, 0.3) is 6.08 Å². The third kappa shape index (κ3) is 3.56. The van der Waals surface area contributed by atoms with Crippen molar-refractivity contribution < 1.29 is 23.7 Å². The van der Waals surface area contributed by atoms with E-state index in [4.69, 9.17) is 18.9 Å². The molecule has 5 rings (SSSR count). The smallest absolute Gasteiger partial charge is 0.231 e. The minimum Gasteiger partial charge on any atom is -0.493 e. The van der Waals surface area contributed by atoms with E-state index < -0.39 is 0 Å². The minimum atomic E-state index is -0.155. The second-order valence-electron chi connectivity index (χ2n) is 7.28. The Morgan fingerprint density at radius 1 is 1.13 bits per heavy atom. The van der Waals surface area contributed by atoms with Crippen molar-refractivity contribution in [3.8, 4) is 23.0 Å². The summed E-state index contributed by atoms with van der Waals surface area (Å²) in [4.78, 5) is 16.5. The highest BCUT2D eigenvalue weighted by Crippen LogP contribution is 2.43. The monoisotopic (exact) mass is 435 g/mol. The summed E-state index contributed by atoms with van der Waals surface area (Å²) in [6, 6.07) is 13.3. The van der Waals surface area contributed by atoms with Crippen molar-refractivity contribution in [1.82, 2.24) is 4.90 Å². The van der Waals surface area contributed by atoms with Crippen LogP contribution in [0.1, 0.15) is 26.4 Å². The topological polar surface area (TPSA) is 57.2 Å². The fraction of sp³-hybridized carbons (Fsp3) is 0.208. The minimum absolute atomic E-state index is 0.155. The molecule has 0 saturated carbocycles. The zero-order valence-corrected chi connectivity index (χ0v) is 18.0. The Kier molecular flexibility index (Phi) is 5.13. The summed E-state index contributed by atoms with van der Waals surface area (Å²) in [5.41, 5.74) is 2.16. The summed E-state index contributed by atoms with van der Waals surface area (Å²) in [6.07, 6.45) is 1.70. The van der Waals surface area contributed by atoms with Crippen molar-refractivity contribution in [1.29, 1.82) is 0 Å². The number of hydrogen-bond acceptors (Lipinski definition) is 7. The van der Waals surface area contributed by atoms with E-state index in [1.807, 2.05) is 30.3 Å². The van der Waals surface area contributed by atoms with Crippen LogP contribution >= 0.6 is 11.3 Å². The van der Waals surface area contributed by atoms with Gasteiger partial charge in [0.15, 0.2) is 17.3 Å². The first-order valence-electron chi connectivity index (χ1n) is 9.86. The van der Waals surface area contributed by atoms with Gasteiger partial charge in [0.2, 0.25) is 5.78 Å². The molecule has 0 saturated heterocycles. The SMILES string of the molecule is COc1cccc(/C=C2\Oc3c(ccc4c3CN(Cc3cccs3)CO4)C2=O)c1OC. The van der Waals surface area contributed by atoms with E-state index in [2.05, 4.69) is 16.3 Å². The molecule has 3 aromatic rings. The molecule has 2 aliphatic heterocycles. The predicted molar refractivity (Wildman–Crippen MR) is 118 cm³/mol. The van der Waals surface area contributed by atoms with E-state index in [1.54, 1.807) is 37.7 Å². The molecule has 3 heterocycles. The van der Waals surface area contributed by atoms with E-state index in [-0.39, 0.29) is 11.5 Å². The number of rotatable bonds is 5. The molecule has 0 unspecified atom stereocenters. The van der Waals surface area contributed by atoms with Gasteiger partial charge in [-0.25, -0.2) is 0 Å². The van der Waals surface area contributed by atoms with Crippen molar-refractivity contribution in [3.63, 3.8) is 0 Å². The van der Waals surface area contributed by atoms with Crippen molar-refractivity contribution in [2.75, 3.05) is 21.0 Å². The Balaban J connectivity index is 1.46. The molecule has 0 radical (unpaired) electrons. The maximum atomic E-state index is 13.1. The fourth-order valence-electron chi connectivity index (χ4n) is 3.90. The van der Waals surface area contributed by atoms with Gasteiger partial charge < -0.3 is 18.9 Å². The Morgan fingerprint density at radius 2 is 2.03 bits per heavy atom. The number of ketones is 1. The van der Waals surface area contributed by atoms with Crippen molar-refractivity contribution >= 4 is 23.2 Å². The highest BCUT2D eigenvalue weighted by atomic mass is 32.1. The van der Waals surface area contributed by atoms with Crippen molar-refractivity contribution in [2.45, 2.75) is 13.1 Å². The second kappa shape index (κ2) is 8.09. The summed E-state index contributed by atoms with van der Waals surface area (Å²) < 4.78 is 22.9. The van der Waals surface area contributed by atoms with Crippen LogP contribution in [0.15, 0.2) is 53.6 Å². The van der Waals surface area contributed by atoms with Crippen LogP contribution in [0.3, 0.4) is 0 Å². The number of Topliss-reactive ketones (excluding diaryl/α,β-unsaturated/α-hetero) is 1. The average molecular weight is 436 g/mol. The standard InChI is InChI=1S/C24H21NO5S/c1-27-20-7-3-5-15(23(20)28-2)11-21-22(26)17-8-9-19-18(24(17)30-21)13-25(14-29-19)12-16-6-4-10-31-16/h3-11H,12-14H2,1-2H3/b21-11-. The van der Waals surface area contributed by atoms with Gasteiger partial charge in [-0.1, -0.05) is 18.2 Å². The van der Waals surface area contributed by atoms with Gasteiger partial charge in [-0.3, -0.25) is 9.69 Å². The van der Waals surface area contributed by atoms with Crippen LogP contribution in [-0.4, -0.2) is 31.6 Å². The summed E-state index contributed by atoms with van der Waals surface area (Å²) >= 11 is 1.72. The molecule has 1 aromatic heterocycles. The number of ether oxygens (including phenoxy) is 4. The van der Waals surface area contributed by atoms with Crippen LogP contribution in [-0.2, 0) is 13.1 Å². The number of methoxy groups -OCH3 is 2. The maximum absolute atomic E-state index is 13.1. The maximum Gasteiger partial charge on any atom is 0.231 e. The molecule has 0 fully saturated rings. The lowest BCUT2D eigenvalue weighted by atomic mass is 10.0. The molecule has 158 valence electrons. The summed E-state index contributed by atoms with van der Waals surface area (Å²) in [5.74, 6) is 2.58.